The van der Waals surface area contributed by atoms with Crippen molar-refractivity contribution in [1.29, 1.82) is 0 Å². The number of hydrogen-bond donors (Lipinski definition) is 1. The fourth-order valence-electron chi connectivity index (χ4n) is 2.91. The zero-order chi connectivity index (χ0) is 16.9. The zero-order valence-electron chi connectivity index (χ0n) is 13.7. The number of anilines is 2. The van der Waals surface area contributed by atoms with E-state index in [1.54, 1.807) is 11.0 Å². The quantitative estimate of drug-likeness (QED) is 0.881. The molecule has 24 heavy (non-hydrogen) atoms. The second-order valence-electron chi connectivity index (χ2n) is 5.96. The van der Waals surface area contributed by atoms with Gasteiger partial charge in [0.05, 0.1) is 0 Å². The fraction of sp³-hybridized carbons (Fsp3) is 0.412. The van der Waals surface area contributed by atoms with E-state index in [0.717, 1.165) is 29.9 Å². The molecule has 2 aromatic rings. The summed E-state index contributed by atoms with van der Waals surface area (Å²) in [5, 5.41) is 6.91. The van der Waals surface area contributed by atoms with Crippen molar-refractivity contribution in [1.82, 2.24) is 14.8 Å². The number of carbonyl (C=O) groups is 2. The van der Waals surface area contributed by atoms with E-state index in [9.17, 15) is 9.59 Å². The Hall–Kier alpha value is -2.70. The lowest BCUT2D eigenvalue weighted by Gasteiger charge is -2.19. The number of aryl methyl sites for hydroxylation is 2. The third kappa shape index (κ3) is 3.79. The van der Waals surface area contributed by atoms with Gasteiger partial charge >= 0.3 is 0 Å². The number of carbonyl (C=O) groups excluding carboxylic acids is 2. The third-order valence-corrected chi connectivity index (χ3v) is 4.10. The highest BCUT2D eigenvalue weighted by atomic mass is 16.2. The molecule has 2 amide bonds. The molecule has 1 aliphatic heterocycles. The van der Waals surface area contributed by atoms with Crippen LogP contribution in [-0.2, 0) is 16.1 Å². The van der Waals surface area contributed by atoms with E-state index in [-0.39, 0.29) is 11.8 Å². The van der Waals surface area contributed by atoms with Crippen LogP contribution < -0.4 is 10.2 Å². The largest absolute Gasteiger partial charge is 0.326 e. The maximum atomic E-state index is 12.0. The van der Waals surface area contributed by atoms with E-state index in [1.807, 2.05) is 30.0 Å². The lowest BCUT2D eigenvalue weighted by Crippen LogP contribution is -2.24. The summed E-state index contributed by atoms with van der Waals surface area (Å²) in [5.74, 6) is 0.141. The van der Waals surface area contributed by atoms with E-state index < -0.39 is 0 Å². The number of amides is 2. The number of hydrogen-bond acceptors (Lipinski definition) is 4. The van der Waals surface area contributed by atoms with Crippen LogP contribution in [0, 0.1) is 6.92 Å². The van der Waals surface area contributed by atoms with Gasteiger partial charge in [0.2, 0.25) is 11.8 Å². The molecule has 1 saturated heterocycles. The predicted octanol–water partition coefficient (Wildman–Crippen LogP) is 2.13. The van der Waals surface area contributed by atoms with Crippen LogP contribution in [-0.4, -0.2) is 33.1 Å². The summed E-state index contributed by atoms with van der Waals surface area (Å²) < 4.78 is 1.71. The normalized spacial score (nSPS) is 14.2. The van der Waals surface area contributed by atoms with Gasteiger partial charge in [-0.1, -0.05) is 0 Å². The van der Waals surface area contributed by atoms with Crippen molar-refractivity contribution in [2.45, 2.75) is 39.2 Å². The Morgan fingerprint density at radius 3 is 2.92 bits per heavy atom. The van der Waals surface area contributed by atoms with Crippen LogP contribution in [0.4, 0.5) is 11.4 Å². The van der Waals surface area contributed by atoms with Gasteiger partial charge in [-0.05, 0) is 43.5 Å². The molecular formula is C17H21N5O2. The minimum absolute atomic E-state index is 0.0282. The van der Waals surface area contributed by atoms with Crippen LogP contribution >= 0.6 is 0 Å². The second-order valence-corrected chi connectivity index (χ2v) is 5.96. The molecule has 1 aromatic carbocycles. The summed E-state index contributed by atoms with van der Waals surface area (Å²) in [6.45, 7) is 3.40. The Morgan fingerprint density at radius 2 is 2.25 bits per heavy atom. The molecule has 0 bridgehead atoms. The number of rotatable bonds is 6. The summed E-state index contributed by atoms with van der Waals surface area (Å²) in [6, 6.07) is 5.67. The average molecular weight is 327 g/mol. The van der Waals surface area contributed by atoms with Gasteiger partial charge < -0.3 is 10.2 Å². The minimum Gasteiger partial charge on any atom is -0.326 e. The first kappa shape index (κ1) is 16.2. The number of benzene rings is 1. The highest BCUT2D eigenvalue weighted by Gasteiger charge is 2.22. The Morgan fingerprint density at radius 1 is 1.38 bits per heavy atom. The summed E-state index contributed by atoms with van der Waals surface area (Å²) in [7, 11) is 0. The molecule has 0 saturated carbocycles. The van der Waals surface area contributed by atoms with Crippen molar-refractivity contribution in [2.75, 3.05) is 16.8 Å². The van der Waals surface area contributed by atoms with Crippen LogP contribution in [0.2, 0.25) is 0 Å². The zero-order valence-corrected chi connectivity index (χ0v) is 13.7. The summed E-state index contributed by atoms with van der Waals surface area (Å²) in [4.78, 5) is 29.6. The molecule has 1 aliphatic rings. The van der Waals surface area contributed by atoms with Gasteiger partial charge in [0.1, 0.15) is 12.7 Å². The van der Waals surface area contributed by atoms with Crippen molar-refractivity contribution in [3.63, 3.8) is 0 Å². The van der Waals surface area contributed by atoms with Gasteiger partial charge in [0.15, 0.2) is 0 Å². The highest BCUT2D eigenvalue weighted by Crippen LogP contribution is 2.27. The molecule has 2 heterocycles. The van der Waals surface area contributed by atoms with Crippen molar-refractivity contribution in [3.05, 3.63) is 36.4 Å². The molecule has 0 spiro atoms. The molecule has 0 radical (unpaired) electrons. The summed E-state index contributed by atoms with van der Waals surface area (Å²) in [6.07, 6.45) is 5.77. The predicted molar refractivity (Wildman–Crippen MR) is 90.7 cm³/mol. The smallest absolute Gasteiger partial charge is 0.227 e. The van der Waals surface area contributed by atoms with E-state index in [0.29, 0.717) is 25.8 Å². The van der Waals surface area contributed by atoms with Crippen molar-refractivity contribution in [2.24, 2.45) is 0 Å². The molecule has 0 unspecified atom stereocenters. The van der Waals surface area contributed by atoms with Crippen LogP contribution in [0.15, 0.2) is 30.9 Å². The monoisotopic (exact) mass is 327 g/mol. The topological polar surface area (TPSA) is 80.1 Å². The van der Waals surface area contributed by atoms with E-state index in [4.69, 9.17) is 0 Å². The van der Waals surface area contributed by atoms with Crippen molar-refractivity contribution < 1.29 is 9.59 Å². The van der Waals surface area contributed by atoms with Gasteiger partial charge in [-0.15, -0.1) is 0 Å². The van der Waals surface area contributed by atoms with Crippen LogP contribution in [0.1, 0.15) is 31.2 Å². The average Bonchev–Trinajstić information content (AvgIpc) is 3.19. The molecule has 0 aliphatic carbocycles. The summed E-state index contributed by atoms with van der Waals surface area (Å²) in [5.41, 5.74) is 2.68. The Balaban J connectivity index is 1.54. The first-order chi connectivity index (χ1) is 11.6. The maximum Gasteiger partial charge on any atom is 0.227 e. The second kappa shape index (κ2) is 7.25. The van der Waals surface area contributed by atoms with Gasteiger partial charge in [-0.3, -0.25) is 14.3 Å². The minimum atomic E-state index is -0.0282. The maximum absolute atomic E-state index is 12.0. The molecule has 7 heteroatoms. The Kier molecular flexibility index (Phi) is 4.88. The SMILES string of the molecule is Cc1cc(NC(=O)CCCn2cncn2)ccc1N1CCCC1=O. The third-order valence-electron chi connectivity index (χ3n) is 4.10. The molecule has 0 atom stereocenters. The van der Waals surface area contributed by atoms with Gasteiger partial charge in [0.25, 0.3) is 0 Å². The molecular weight excluding hydrogens is 306 g/mol. The van der Waals surface area contributed by atoms with Crippen molar-refractivity contribution in [3.8, 4) is 0 Å². The molecule has 1 aromatic heterocycles. The van der Waals surface area contributed by atoms with E-state index in [1.165, 1.54) is 6.33 Å². The van der Waals surface area contributed by atoms with E-state index >= 15 is 0 Å². The molecule has 1 N–H and O–H groups in total. The molecule has 1 fully saturated rings. The van der Waals surface area contributed by atoms with Gasteiger partial charge in [-0.25, -0.2) is 4.98 Å². The number of nitrogens with one attached hydrogen (secondary N) is 1. The van der Waals surface area contributed by atoms with E-state index in [2.05, 4.69) is 15.4 Å². The van der Waals surface area contributed by atoms with Crippen LogP contribution in [0.25, 0.3) is 0 Å². The summed E-state index contributed by atoms with van der Waals surface area (Å²) >= 11 is 0. The van der Waals surface area contributed by atoms with Crippen LogP contribution in [0.3, 0.4) is 0 Å². The lowest BCUT2D eigenvalue weighted by atomic mass is 10.1. The molecule has 7 nitrogen and oxygen atoms in total. The molecule has 126 valence electrons. The Labute approximate surface area is 140 Å². The van der Waals surface area contributed by atoms with Gasteiger partial charge in [-0.2, -0.15) is 5.10 Å². The highest BCUT2D eigenvalue weighted by molar-refractivity contribution is 5.97. The first-order valence-corrected chi connectivity index (χ1v) is 8.17. The Bertz CT molecular complexity index is 727. The lowest BCUT2D eigenvalue weighted by molar-refractivity contribution is -0.117. The number of aromatic nitrogens is 3. The van der Waals surface area contributed by atoms with Gasteiger partial charge in [0, 0.05) is 37.3 Å². The standard InChI is InChI=1S/C17H21N5O2/c1-13-10-14(6-7-15(13)22-9-3-5-17(22)24)20-16(23)4-2-8-21-12-18-11-19-21/h6-7,10-12H,2-5,8-9H2,1H3,(H,20,23). The molecule has 3 rings (SSSR count). The fourth-order valence-corrected chi connectivity index (χ4v) is 2.91. The van der Waals surface area contributed by atoms with Crippen molar-refractivity contribution >= 4 is 23.2 Å². The first-order valence-electron chi connectivity index (χ1n) is 8.17. The van der Waals surface area contributed by atoms with Crippen LogP contribution in [0.5, 0.6) is 0 Å². The number of nitrogens with zero attached hydrogens (tertiary/aromatic N) is 4.